The summed E-state index contributed by atoms with van der Waals surface area (Å²) in [4.78, 5) is 62.1. The van der Waals surface area contributed by atoms with Gasteiger partial charge in [0.15, 0.2) is 5.96 Å². The summed E-state index contributed by atoms with van der Waals surface area (Å²) in [5, 5.41) is 20.8. The Morgan fingerprint density at radius 3 is 2.38 bits per heavy atom. The van der Waals surface area contributed by atoms with Crippen LogP contribution in [0.25, 0.3) is 0 Å². The Balaban J connectivity index is 1.76. The molecule has 0 radical (unpaired) electrons. The second-order valence-electron chi connectivity index (χ2n) is 9.59. The molecule has 2 aromatic rings. The zero-order valence-electron chi connectivity index (χ0n) is 22.1. The topological polar surface area (TPSA) is 230 Å². The van der Waals surface area contributed by atoms with E-state index in [-0.39, 0.29) is 37.7 Å². The number of carbonyl (C=O) groups is 4. The van der Waals surface area contributed by atoms with Crippen molar-refractivity contribution >= 4 is 29.7 Å². The first kappa shape index (κ1) is 30.1. The smallest absolute Gasteiger partial charge is 0.326 e. The average molecular weight is 556 g/mol. The first-order chi connectivity index (χ1) is 19.2. The molecule has 0 spiro atoms. The summed E-state index contributed by atoms with van der Waals surface area (Å²) in [6.07, 6.45) is 5.09. The van der Waals surface area contributed by atoms with E-state index < -0.39 is 42.0 Å². The summed E-state index contributed by atoms with van der Waals surface area (Å²) < 4.78 is 0. The first-order valence-electron chi connectivity index (χ1n) is 13.2. The van der Waals surface area contributed by atoms with Gasteiger partial charge in [0.25, 0.3) is 0 Å². The van der Waals surface area contributed by atoms with Gasteiger partial charge in [0.1, 0.15) is 18.1 Å². The van der Waals surface area contributed by atoms with Gasteiger partial charge in [0.05, 0.1) is 12.4 Å². The van der Waals surface area contributed by atoms with Crippen LogP contribution < -0.4 is 32.7 Å². The number of aliphatic carboxylic acids is 1. The van der Waals surface area contributed by atoms with Gasteiger partial charge in [-0.1, -0.05) is 30.3 Å². The fourth-order valence-corrected chi connectivity index (χ4v) is 4.37. The number of imidazole rings is 1. The van der Waals surface area contributed by atoms with Gasteiger partial charge >= 0.3 is 5.97 Å². The molecular formula is C26H37N9O5. The molecule has 4 atom stereocenters. The lowest BCUT2D eigenvalue weighted by molar-refractivity contribution is -0.142. The third-order valence-electron chi connectivity index (χ3n) is 6.46. The summed E-state index contributed by atoms with van der Waals surface area (Å²) in [6, 6.07) is 5.27. The molecule has 2 heterocycles. The molecule has 216 valence electrons. The van der Waals surface area contributed by atoms with E-state index in [1.54, 1.807) is 24.3 Å². The number of nitrogens with zero attached hydrogens (tertiary/aromatic N) is 2. The number of nitrogens with two attached hydrogens (primary N) is 2. The van der Waals surface area contributed by atoms with Crippen molar-refractivity contribution < 1.29 is 24.3 Å². The predicted octanol–water partition coefficient (Wildman–Crippen LogP) is -1.46. The van der Waals surface area contributed by atoms with E-state index in [0.29, 0.717) is 25.1 Å². The van der Waals surface area contributed by atoms with E-state index in [2.05, 4.69) is 36.2 Å². The quantitative estimate of drug-likeness (QED) is 0.0728. The van der Waals surface area contributed by atoms with E-state index in [4.69, 9.17) is 11.5 Å². The molecule has 0 bridgehead atoms. The number of amides is 3. The number of hydrogen-bond donors (Lipinski definition) is 8. The third-order valence-corrected chi connectivity index (χ3v) is 6.46. The normalized spacial score (nSPS) is 16.8. The maximum Gasteiger partial charge on any atom is 0.326 e. The molecule has 4 unspecified atom stereocenters. The van der Waals surface area contributed by atoms with Crippen LogP contribution in [0, 0.1) is 0 Å². The molecule has 1 aromatic heterocycles. The highest BCUT2D eigenvalue weighted by Gasteiger charge is 2.31. The molecule has 3 amide bonds. The molecule has 14 nitrogen and oxygen atoms in total. The molecule has 1 saturated heterocycles. The van der Waals surface area contributed by atoms with Crippen LogP contribution in [0.2, 0.25) is 0 Å². The lowest BCUT2D eigenvalue weighted by atomic mass is 10.0. The van der Waals surface area contributed by atoms with Crippen LogP contribution >= 0.6 is 0 Å². The average Bonchev–Trinajstić information content (AvgIpc) is 3.65. The van der Waals surface area contributed by atoms with Crippen molar-refractivity contribution in [1.29, 1.82) is 0 Å². The highest BCUT2D eigenvalue weighted by atomic mass is 16.4. The summed E-state index contributed by atoms with van der Waals surface area (Å²) in [5.41, 5.74) is 12.1. The number of carboxylic acid groups (broad SMARTS) is 1. The van der Waals surface area contributed by atoms with Crippen LogP contribution in [0.5, 0.6) is 0 Å². The Bertz CT molecular complexity index is 1150. The Hall–Kier alpha value is -4.46. The van der Waals surface area contributed by atoms with Crippen LogP contribution in [0.1, 0.15) is 36.9 Å². The number of nitrogens with one attached hydrogen (secondary N) is 5. The van der Waals surface area contributed by atoms with Gasteiger partial charge in [-0.05, 0) is 37.8 Å². The minimum absolute atomic E-state index is 0.0229. The van der Waals surface area contributed by atoms with Gasteiger partial charge in [-0.25, -0.2) is 9.78 Å². The van der Waals surface area contributed by atoms with Crippen LogP contribution in [0.4, 0.5) is 0 Å². The number of hydrogen-bond acceptors (Lipinski definition) is 7. The summed E-state index contributed by atoms with van der Waals surface area (Å²) in [5.74, 6) is -2.88. The van der Waals surface area contributed by atoms with Crippen LogP contribution in [-0.2, 0) is 32.0 Å². The Labute approximate surface area is 231 Å². The number of aliphatic imine (C=N–C) groups is 1. The number of H-pyrrole nitrogens is 1. The minimum Gasteiger partial charge on any atom is -0.480 e. The Morgan fingerprint density at radius 2 is 1.75 bits per heavy atom. The lowest BCUT2D eigenvalue weighted by Gasteiger charge is -2.25. The van der Waals surface area contributed by atoms with E-state index in [9.17, 15) is 24.3 Å². The van der Waals surface area contributed by atoms with E-state index >= 15 is 0 Å². The molecule has 10 N–H and O–H groups in total. The van der Waals surface area contributed by atoms with Crippen molar-refractivity contribution in [3.05, 3.63) is 54.1 Å². The second-order valence-corrected chi connectivity index (χ2v) is 9.59. The molecule has 1 aliphatic heterocycles. The second kappa shape index (κ2) is 15.2. The number of aromatic amines is 1. The number of benzene rings is 1. The van der Waals surface area contributed by atoms with Crippen molar-refractivity contribution in [2.45, 2.75) is 62.7 Å². The molecule has 1 aromatic carbocycles. The van der Waals surface area contributed by atoms with Gasteiger partial charge in [0, 0.05) is 31.3 Å². The number of guanidine groups is 1. The number of aromatic nitrogens is 2. The molecule has 0 saturated carbocycles. The van der Waals surface area contributed by atoms with Crippen molar-refractivity contribution in [2.24, 2.45) is 16.5 Å². The molecule has 0 aliphatic carbocycles. The van der Waals surface area contributed by atoms with Gasteiger partial charge in [-0.15, -0.1) is 0 Å². The van der Waals surface area contributed by atoms with Crippen molar-refractivity contribution in [3.8, 4) is 0 Å². The van der Waals surface area contributed by atoms with Crippen LogP contribution in [0.15, 0.2) is 47.8 Å². The fourth-order valence-electron chi connectivity index (χ4n) is 4.37. The van der Waals surface area contributed by atoms with Crippen molar-refractivity contribution in [2.75, 3.05) is 13.1 Å². The predicted molar refractivity (Wildman–Crippen MR) is 147 cm³/mol. The van der Waals surface area contributed by atoms with Crippen LogP contribution in [-0.4, -0.2) is 82.0 Å². The highest BCUT2D eigenvalue weighted by Crippen LogP contribution is 2.09. The minimum atomic E-state index is -1.26. The van der Waals surface area contributed by atoms with Gasteiger partial charge in [-0.3, -0.25) is 19.4 Å². The number of rotatable bonds is 15. The zero-order chi connectivity index (χ0) is 28.9. The zero-order valence-corrected chi connectivity index (χ0v) is 22.1. The molecule has 3 rings (SSSR count). The molecule has 1 aliphatic rings. The number of carboxylic acids is 1. The maximum atomic E-state index is 13.5. The van der Waals surface area contributed by atoms with Crippen molar-refractivity contribution in [1.82, 2.24) is 31.2 Å². The molecular weight excluding hydrogens is 518 g/mol. The molecule has 14 heteroatoms. The summed E-state index contributed by atoms with van der Waals surface area (Å²) in [6.45, 7) is 0.966. The lowest BCUT2D eigenvalue weighted by Crippen LogP contribution is -2.57. The SMILES string of the molecule is NC(N)=NCCCC(NC(=O)C1CCCN1)C(=O)NC(Cc1ccccc1)C(=O)NC(Cc1cnc[nH]1)C(=O)O. The Morgan fingerprint density at radius 1 is 1.02 bits per heavy atom. The van der Waals surface area contributed by atoms with Gasteiger partial charge < -0.3 is 42.8 Å². The Kier molecular flexibility index (Phi) is 11.4. The van der Waals surface area contributed by atoms with Crippen LogP contribution in [0.3, 0.4) is 0 Å². The van der Waals surface area contributed by atoms with Crippen molar-refractivity contribution in [3.63, 3.8) is 0 Å². The molecule has 1 fully saturated rings. The molecule has 40 heavy (non-hydrogen) atoms. The van der Waals surface area contributed by atoms with E-state index in [1.807, 2.05) is 6.07 Å². The standard InChI is InChI=1S/C26H37N9O5/c27-26(28)31-11-5-9-19(33-22(36)18-8-4-10-30-18)23(37)34-20(12-16-6-2-1-3-7-16)24(38)35-21(25(39)40)13-17-14-29-15-32-17/h1-3,6-7,14-15,18-21,30H,4-5,8-13H2,(H,29,32)(H,33,36)(H,34,37)(H,35,38)(H,39,40)(H4,27,28,31). The van der Waals surface area contributed by atoms with Gasteiger partial charge in [-0.2, -0.15) is 0 Å². The fraction of sp³-hybridized carbons (Fsp3) is 0.462. The van der Waals surface area contributed by atoms with Gasteiger partial charge in [0.2, 0.25) is 17.7 Å². The maximum absolute atomic E-state index is 13.5. The summed E-state index contributed by atoms with van der Waals surface area (Å²) >= 11 is 0. The largest absolute Gasteiger partial charge is 0.480 e. The third kappa shape index (κ3) is 9.69. The number of carbonyl (C=O) groups excluding carboxylic acids is 3. The van der Waals surface area contributed by atoms with E-state index in [1.165, 1.54) is 12.5 Å². The highest BCUT2D eigenvalue weighted by molar-refractivity contribution is 5.94. The summed E-state index contributed by atoms with van der Waals surface area (Å²) in [7, 11) is 0. The first-order valence-corrected chi connectivity index (χ1v) is 13.2. The monoisotopic (exact) mass is 555 g/mol. The van der Waals surface area contributed by atoms with E-state index in [0.717, 1.165) is 12.0 Å².